The molecule has 2 N–H and O–H groups in total. The SMILES string of the molecule is CC(CCN)C1(c2cc(Br)cs2)COC1. The molecule has 0 bridgehead atoms. The predicted octanol–water partition coefficient (Wildman–Crippen LogP) is 2.76. The van der Waals surface area contributed by atoms with E-state index in [0.29, 0.717) is 5.92 Å². The molecule has 0 amide bonds. The van der Waals surface area contributed by atoms with Crippen molar-refractivity contribution in [1.29, 1.82) is 0 Å². The van der Waals surface area contributed by atoms with Gasteiger partial charge in [-0.2, -0.15) is 0 Å². The van der Waals surface area contributed by atoms with Crippen molar-refractivity contribution in [3.8, 4) is 0 Å². The molecular weight excluding hydrogens is 274 g/mol. The average Bonchev–Trinajstić information content (AvgIpc) is 2.51. The Kier molecular flexibility index (Phi) is 3.50. The fourth-order valence-corrected chi connectivity index (χ4v) is 3.81. The van der Waals surface area contributed by atoms with Crippen LogP contribution in [-0.2, 0) is 10.2 Å². The zero-order valence-electron chi connectivity index (χ0n) is 8.83. The summed E-state index contributed by atoms with van der Waals surface area (Å²) < 4.78 is 6.59. The highest BCUT2D eigenvalue weighted by Gasteiger charge is 2.45. The summed E-state index contributed by atoms with van der Waals surface area (Å²) in [6.07, 6.45) is 1.07. The lowest BCUT2D eigenvalue weighted by Gasteiger charge is -2.45. The van der Waals surface area contributed by atoms with Gasteiger partial charge in [-0.15, -0.1) is 11.3 Å². The molecule has 1 unspecified atom stereocenters. The third-order valence-corrected chi connectivity index (χ3v) is 5.23. The van der Waals surface area contributed by atoms with Gasteiger partial charge in [-0.3, -0.25) is 0 Å². The Morgan fingerprint density at radius 2 is 2.40 bits per heavy atom. The van der Waals surface area contributed by atoms with Crippen molar-refractivity contribution < 1.29 is 4.74 Å². The van der Waals surface area contributed by atoms with E-state index < -0.39 is 0 Å². The largest absolute Gasteiger partial charge is 0.379 e. The molecule has 4 heteroatoms. The molecule has 15 heavy (non-hydrogen) atoms. The minimum atomic E-state index is 0.232. The monoisotopic (exact) mass is 289 g/mol. The maximum Gasteiger partial charge on any atom is 0.0596 e. The van der Waals surface area contributed by atoms with E-state index in [0.717, 1.165) is 26.2 Å². The van der Waals surface area contributed by atoms with Crippen molar-refractivity contribution in [2.24, 2.45) is 11.7 Å². The summed E-state index contributed by atoms with van der Waals surface area (Å²) in [7, 11) is 0. The third-order valence-electron chi connectivity index (χ3n) is 3.32. The smallest absolute Gasteiger partial charge is 0.0596 e. The first-order valence-corrected chi connectivity index (χ1v) is 6.88. The van der Waals surface area contributed by atoms with Crippen LogP contribution in [0.4, 0.5) is 0 Å². The molecule has 1 aromatic rings. The number of rotatable bonds is 4. The van der Waals surface area contributed by atoms with Gasteiger partial charge in [-0.25, -0.2) is 0 Å². The van der Waals surface area contributed by atoms with E-state index in [1.54, 1.807) is 0 Å². The first-order chi connectivity index (χ1) is 7.19. The standard InChI is InChI=1S/C11H16BrNOS/c1-8(2-3-13)11(6-14-7-11)10-4-9(12)5-15-10/h4-5,8H,2-3,6-7,13H2,1H3. The number of thiophene rings is 1. The fraction of sp³-hybridized carbons (Fsp3) is 0.636. The summed E-state index contributed by atoms with van der Waals surface area (Å²) in [6, 6.07) is 2.22. The second-order valence-corrected chi connectivity index (χ2v) is 6.08. The van der Waals surface area contributed by atoms with Gasteiger partial charge in [0.25, 0.3) is 0 Å². The molecule has 0 aromatic carbocycles. The Morgan fingerprint density at radius 1 is 1.67 bits per heavy atom. The molecule has 0 aliphatic carbocycles. The molecule has 1 saturated heterocycles. The number of nitrogens with two attached hydrogens (primary N) is 1. The van der Waals surface area contributed by atoms with Crippen molar-refractivity contribution in [3.05, 3.63) is 20.8 Å². The Morgan fingerprint density at radius 3 is 2.80 bits per heavy atom. The summed E-state index contributed by atoms with van der Waals surface area (Å²) in [5.41, 5.74) is 5.87. The number of hydrogen-bond acceptors (Lipinski definition) is 3. The van der Waals surface area contributed by atoms with Crippen LogP contribution >= 0.6 is 27.3 Å². The highest BCUT2D eigenvalue weighted by atomic mass is 79.9. The molecule has 0 radical (unpaired) electrons. The second-order valence-electron chi connectivity index (χ2n) is 4.26. The highest BCUT2D eigenvalue weighted by Crippen LogP contribution is 2.44. The Balaban J connectivity index is 2.21. The van der Waals surface area contributed by atoms with Gasteiger partial charge in [-0.1, -0.05) is 6.92 Å². The van der Waals surface area contributed by atoms with Crippen LogP contribution in [0.2, 0.25) is 0 Å². The summed E-state index contributed by atoms with van der Waals surface area (Å²) in [5, 5.41) is 2.14. The van der Waals surface area contributed by atoms with Crippen LogP contribution in [0.5, 0.6) is 0 Å². The second kappa shape index (κ2) is 4.53. The summed E-state index contributed by atoms with van der Waals surface area (Å²) >= 11 is 5.33. The number of hydrogen-bond donors (Lipinski definition) is 1. The molecule has 1 atom stereocenters. The van der Waals surface area contributed by atoms with Crippen molar-refractivity contribution >= 4 is 27.3 Å². The van der Waals surface area contributed by atoms with Crippen molar-refractivity contribution in [2.45, 2.75) is 18.8 Å². The van der Waals surface area contributed by atoms with Gasteiger partial charge in [0.1, 0.15) is 0 Å². The lowest BCUT2D eigenvalue weighted by Crippen LogP contribution is -2.51. The van der Waals surface area contributed by atoms with Crippen molar-refractivity contribution in [3.63, 3.8) is 0 Å². The maximum absolute atomic E-state index is 5.64. The first-order valence-electron chi connectivity index (χ1n) is 5.21. The van der Waals surface area contributed by atoms with Crippen LogP contribution in [0, 0.1) is 5.92 Å². The Bertz CT molecular complexity index is 335. The average molecular weight is 290 g/mol. The van der Waals surface area contributed by atoms with E-state index in [1.807, 2.05) is 11.3 Å². The van der Waals surface area contributed by atoms with Gasteiger partial charge < -0.3 is 10.5 Å². The van der Waals surface area contributed by atoms with Crippen LogP contribution in [0.3, 0.4) is 0 Å². The minimum Gasteiger partial charge on any atom is -0.379 e. The molecule has 2 nitrogen and oxygen atoms in total. The van der Waals surface area contributed by atoms with Crippen molar-refractivity contribution in [1.82, 2.24) is 0 Å². The molecule has 1 fully saturated rings. The highest BCUT2D eigenvalue weighted by molar-refractivity contribution is 9.10. The molecule has 2 rings (SSSR count). The van der Waals surface area contributed by atoms with Gasteiger partial charge in [0.05, 0.1) is 18.6 Å². The van der Waals surface area contributed by atoms with Gasteiger partial charge in [0, 0.05) is 14.7 Å². The number of halogens is 1. The Hall–Kier alpha value is 0.1000. The van der Waals surface area contributed by atoms with E-state index >= 15 is 0 Å². The summed E-state index contributed by atoms with van der Waals surface area (Å²) in [5.74, 6) is 0.599. The van der Waals surface area contributed by atoms with Gasteiger partial charge in [-0.05, 0) is 40.9 Å². The van der Waals surface area contributed by atoms with Crippen LogP contribution in [0.25, 0.3) is 0 Å². The normalized spacial score (nSPS) is 21.0. The molecule has 1 aromatic heterocycles. The zero-order valence-corrected chi connectivity index (χ0v) is 11.2. The molecule has 2 heterocycles. The van der Waals surface area contributed by atoms with E-state index in [9.17, 15) is 0 Å². The molecule has 0 saturated carbocycles. The molecule has 84 valence electrons. The predicted molar refractivity (Wildman–Crippen MR) is 67.4 cm³/mol. The van der Waals surface area contributed by atoms with E-state index in [-0.39, 0.29) is 5.41 Å². The van der Waals surface area contributed by atoms with Gasteiger partial charge in [0.15, 0.2) is 0 Å². The fourth-order valence-electron chi connectivity index (χ4n) is 2.09. The summed E-state index contributed by atoms with van der Waals surface area (Å²) in [4.78, 5) is 1.43. The first kappa shape index (κ1) is 11.6. The maximum atomic E-state index is 5.64. The van der Waals surface area contributed by atoms with E-state index in [4.69, 9.17) is 10.5 Å². The van der Waals surface area contributed by atoms with Crippen LogP contribution in [0.1, 0.15) is 18.2 Å². The molecule has 1 aliphatic heterocycles. The summed E-state index contributed by atoms with van der Waals surface area (Å²) in [6.45, 7) is 4.74. The topological polar surface area (TPSA) is 35.2 Å². The molecular formula is C11H16BrNOS. The van der Waals surface area contributed by atoms with Gasteiger partial charge >= 0.3 is 0 Å². The van der Waals surface area contributed by atoms with E-state index in [1.165, 1.54) is 9.35 Å². The quantitative estimate of drug-likeness (QED) is 0.925. The zero-order chi connectivity index (χ0) is 10.9. The Labute approximate surface area is 103 Å². The van der Waals surface area contributed by atoms with Crippen LogP contribution in [0.15, 0.2) is 15.9 Å². The lowest BCUT2D eigenvalue weighted by molar-refractivity contribution is -0.0864. The number of ether oxygens (including phenoxy) is 1. The third kappa shape index (κ3) is 2.00. The molecule has 1 aliphatic rings. The molecule has 0 spiro atoms. The van der Waals surface area contributed by atoms with Crippen LogP contribution in [-0.4, -0.2) is 19.8 Å². The van der Waals surface area contributed by atoms with Crippen LogP contribution < -0.4 is 5.73 Å². The van der Waals surface area contributed by atoms with E-state index in [2.05, 4.69) is 34.3 Å². The van der Waals surface area contributed by atoms with Crippen molar-refractivity contribution in [2.75, 3.05) is 19.8 Å². The minimum absolute atomic E-state index is 0.232. The lowest BCUT2D eigenvalue weighted by atomic mass is 9.72. The van der Waals surface area contributed by atoms with Gasteiger partial charge in [0.2, 0.25) is 0 Å².